The van der Waals surface area contributed by atoms with Gasteiger partial charge in [-0.25, -0.2) is 4.79 Å². The van der Waals surface area contributed by atoms with E-state index < -0.39 is 0 Å². The van der Waals surface area contributed by atoms with Crippen LogP contribution in [0.3, 0.4) is 0 Å². The maximum absolute atomic E-state index is 12.1. The molecule has 0 unspecified atom stereocenters. The second-order valence-electron chi connectivity index (χ2n) is 5.67. The van der Waals surface area contributed by atoms with E-state index in [9.17, 15) is 4.79 Å². The number of hydrogen-bond donors (Lipinski definition) is 1. The molecule has 0 atom stereocenters. The van der Waals surface area contributed by atoms with Gasteiger partial charge in [0.15, 0.2) is 0 Å². The highest BCUT2D eigenvalue weighted by molar-refractivity contribution is 5.96. The summed E-state index contributed by atoms with van der Waals surface area (Å²) in [6.45, 7) is 0.657. The Balaban J connectivity index is 1.85. The van der Waals surface area contributed by atoms with Gasteiger partial charge in [-0.1, -0.05) is 18.2 Å². The van der Waals surface area contributed by atoms with Gasteiger partial charge < -0.3 is 14.8 Å². The van der Waals surface area contributed by atoms with Crippen LogP contribution in [-0.4, -0.2) is 20.2 Å². The number of fused-ring (bicyclic) bond motifs is 1. The minimum Gasteiger partial charge on any atom is -0.497 e. The van der Waals surface area contributed by atoms with Crippen LogP contribution < -0.4 is 10.1 Å². The lowest BCUT2D eigenvalue weighted by atomic mass is 10.0. The Bertz CT molecular complexity index is 707. The molecule has 3 rings (SSSR count). The molecule has 0 amide bonds. The summed E-state index contributed by atoms with van der Waals surface area (Å²) in [5.41, 5.74) is 5.25. The summed E-state index contributed by atoms with van der Waals surface area (Å²) in [4.78, 5) is 12.1. The predicted molar refractivity (Wildman–Crippen MR) is 90.1 cm³/mol. The number of nitrogens with one attached hydrogen (secondary N) is 1. The number of benzene rings is 2. The van der Waals surface area contributed by atoms with E-state index in [0.29, 0.717) is 12.1 Å². The molecule has 0 bridgehead atoms. The molecule has 120 valence electrons. The minimum absolute atomic E-state index is 0.295. The standard InChI is InChI=1S/C19H21NO3/c1-22-15-9-6-13(7-10-15)12-20-18-16-5-3-4-14(16)8-11-17(18)19(21)23-2/h6-11,20H,3-5,12H2,1-2H3. The fraction of sp³-hybridized carbons (Fsp3) is 0.316. The smallest absolute Gasteiger partial charge is 0.339 e. The predicted octanol–water partition coefficient (Wildman–Crippen LogP) is 3.58. The van der Waals surface area contributed by atoms with Crippen molar-refractivity contribution in [2.45, 2.75) is 25.8 Å². The molecule has 1 N–H and O–H groups in total. The summed E-state index contributed by atoms with van der Waals surface area (Å²) in [7, 11) is 3.08. The second-order valence-corrected chi connectivity index (χ2v) is 5.67. The highest BCUT2D eigenvalue weighted by Crippen LogP contribution is 2.32. The maximum atomic E-state index is 12.1. The van der Waals surface area contributed by atoms with Crippen LogP contribution in [-0.2, 0) is 24.1 Å². The molecule has 2 aromatic rings. The van der Waals surface area contributed by atoms with Crippen LogP contribution in [0.15, 0.2) is 36.4 Å². The van der Waals surface area contributed by atoms with Crippen molar-refractivity contribution < 1.29 is 14.3 Å². The van der Waals surface area contributed by atoms with Crippen LogP contribution in [0.25, 0.3) is 0 Å². The third kappa shape index (κ3) is 3.16. The van der Waals surface area contributed by atoms with Crippen molar-refractivity contribution in [2.24, 2.45) is 0 Å². The van der Waals surface area contributed by atoms with Gasteiger partial charge in [0.1, 0.15) is 5.75 Å². The molecule has 1 aliphatic rings. The lowest BCUT2D eigenvalue weighted by Crippen LogP contribution is -2.11. The molecule has 4 heteroatoms. The number of methoxy groups -OCH3 is 2. The normalized spacial score (nSPS) is 12.6. The Labute approximate surface area is 136 Å². The van der Waals surface area contributed by atoms with Crippen LogP contribution in [0.2, 0.25) is 0 Å². The topological polar surface area (TPSA) is 47.6 Å². The fourth-order valence-electron chi connectivity index (χ4n) is 3.08. The van der Waals surface area contributed by atoms with Gasteiger partial charge in [0.25, 0.3) is 0 Å². The number of hydrogen-bond acceptors (Lipinski definition) is 4. The van der Waals surface area contributed by atoms with E-state index >= 15 is 0 Å². The SMILES string of the molecule is COC(=O)c1ccc2c(c1NCc1ccc(OC)cc1)CCC2. The molecule has 0 saturated carbocycles. The lowest BCUT2D eigenvalue weighted by Gasteiger charge is -2.16. The van der Waals surface area contributed by atoms with Crippen LogP contribution >= 0.6 is 0 Å². The maximum Gasteiger partial charge on any atom is 0.339 e. The first-order chi connectivity index (χ1) is 11.2. The van der Waals surface area contributed by atoms with Crippen molar-refractivity contribution in [2.75, 3.05) is 19.5 Å². The summed E-state index contributed by atoms with van der Waals surface area (Å²) in [5, 5.41) is 3.44. The Kier molecular flexibility index (Phi) is 4.51. The van der Waals surface area contributed by atoms with Crippen LogP contribution in [0, 0.1) is 0 Å². The van der Waals surface area contributed by atoms with E-state index in [1.165, 1.54) is 18.2 Å². The number of esters is 1. The number of carbonyl (C=O) groups is 1. The first kappa shape index (κ1) is 15.4. The van der Waals surface area contributed by atoms with E-state index in [0.717, 1.165) is 36.3 Å². The average Bonchev–Trinajstić information content (AvgIpc) is 3.08. The third-order valence-corrected chi connectivity index (χ3v) is 4.32. The monoisotopic (exact) mass is 311 g/mol. The van der Waals surface area contributed by atoms with Gasteiger partial charge in [0.05, 0.1) is 25.5 Å². The van der Waals surface area contributed by atoms with Crippen LogP contribution in [0.1, 0.15) is 33.5 Å². The zero-order valence-electron chi connectivity index (χ0n) is 13.5. The van der Waals surface area contributed by atoms with Crippen molar-refractivity contribution in [3.05, 3.63) is 58.7 Å². The van der Waals surface area contributed by atoms with Gasteiger partial charge in [-0.3, -0.25) is 0 Å². The molecule has 2 aromatic carbocycles. The minimum atomic E-state index is -0.295. The largest absolute Gasteiger partial charge is 0.497 e. The van der Waals surface area contributed by atoms with Gasteiger partial charge in [-0.05, 0) is 54.2 Å². The van der Waals surface area contributed by atoms with E-state index in [1.54, 1.807) is 7.11 Å². The Hall–Kier alpha value is -2.49. The summed E-state index contributed by atoms with van der Waals surface area (Å²) in [5.74, 6) is 0.543. The number of ether oxygens (including phenoxy) is 2. The van der Waals surface area contributed by atoms with E-state index in [4.69, 9.17) is 9.47 Å². The number of anilines is 1. The molecule has 0 saturated heterocycles. The Morgan fingerprint density at radius 2 is 1.87 bits per heavy atom. The molecule has 23 heavy (non-hydrogen) atoms. The first-order valence-corrected chi connectivity index (χ1v) is 7.83. The quantitative estimate of drug-likeness (QED) is 0.857. The summed E-state index contributed by atoms with van der Waals surface area (Å²) >= 11 is 0. The molecule has 0 heterocycles. The summed E-state index contributed by atoms with van der Waals surface area (Å²) < 4.78 is 10.1. The molecule has 4 nitrogen and oxygen atoms in total. The van der Waals surface area contributed by atoms with E-state index in [1.807, 2.05) is 36.4 Å². The highest BCUT2D eigenvalue weighted by atomic mass is 16.5. The number of aryl methyl sites for hydroxylation is 1. The van der Waals surface area contributed by atoms with Crippen molar-refractivity contribution in [3.63, 3.8) is 0 Å². The summed E-state index contributed by atoms with van der Waals surface area (Å²) in [6.07, 6.45) is 3.22. The van der Waals surface area contributed by atoms with Gasteiger partial charge in [-0.15, -0.1) is 0 Å². The van der Waals surface area contributed by atoms with Gasteiger partial charge in [0, 0.05) is 6.54 Å². The zero-order chi connectivity index (χ0) is 16.2. The van der Waals surface area contributed by atoms with Gasteiger partial charge >= 0.3 is 5.97 Å². The highest BCUT2D eigenvalue weighted by Gasteiger charge is 2.21. The van der Waals surface area contributed by atoms with Crippen molar-refractivity contribution in [3.8, 4) is 5.75 Å². The second kappa shape index (κ2) is 6.73. The number of rotatable bonds is 5. The van der Waals surface area contributed by atoms with Crippen molar-refractivity contribution >= 4 is 11.7 Å². The molecule has 1 aliphatic carbocycles. The van der Waals surface area contributed by atoms with Gasteiger partial charge in [-0.2, -0.15) is 0 Å². The molecule has 0 aromatic heterocycles. The van der Waals surface area contributed by atoms with E-state index in [-0.39, 0.29) is 5.97 Å². The van der Waals surface area contributed by atoms with E-state index in [2.05, 4.69) is 5.32 Å². The molecular formula is C19H21NO3. The summed E-state index contributed by atoms with van der Waals surface area (Å²) in [6, 6.07) is 11.8. The first-order valence-electron chi connectivity index (χ1n) is 7.83. The fourth-order valence-corrected chi connectivity index (χ4v) is 3.08. The molecule has 0 radical (unpaired) electrons. The third-order valence-electron chi connectivity index (χ3n) is 4.32. The van der Waals surface area contributed by atoms with Crippen molar-refractivity contribution in [1.82, 2.24) is 0 Å². The van der Waals surface area contributed by atoms with Crippen molar-refractivity contribution in [1.29, 1.82) is 0 Å². The van der Waals surface area contributed by atoms with Crippen LogP contribution in [0.4, 0.5) is 5.69 Å². The molecule has 0 fully saturated rings. The molecular weight excluding hydrogens is 290 g/mol. The molecule has 0 aliphatic heterocycles. The zero-order valence-corrected chi connectivity index (χ0v) is 13.5. The lowest BCUT2D eigenvalue weighted by molar-refractivity contribution is 0.0601. The average molecular weight is 311 g/mol. The Morgan fingerprint density at radius 1 is 1.09 bits per heavy atom. The Morgan fingerprint density at radius 3 is 2.57 bits per heavy atom. The van der Waals surface area contributed by atoms with Gasteiger partial charge in [0.2, 0.25) is 0 Å². The van der Waals surface area contributed by atoms with Crippen LogP contribution in [0.5, 0.6) is 5.75 Å². The number of carbonyl (C=O) groups excluding carboxylic acids is 1. The molecule has 0 spiro atoms.